The number of carbonyl (C=O) groups excluding carboxylic acids is 1. The van der Waals surface area contributed by atoms with Crippen LogP contribution in [0.3, 0.4) is 0 Å². The van der Waals surface area contributed by atoms with Gasteiger partial charge in [0.05, 0.1) is 36.3 Å². The van der Waals surface area contributed by atoms with Crippen LogP contribution in [0.15, 0.2) is 18.2 Å². The minimum Gasteiger partial charge on any atom is -0.394 e. The number of benzene rings is 1. The summed E-state index contributed by atoms with van der Waals surface area (Å²) < 4.78 is 5.27. The number of carbonyl (C=O) groups is 1. The van der Waals surface area contributed by atoms with Crippen LogP contribution in [-0.4, -0.2) is 48.2 Å². The zero-order chi connectivity index (χ0) is 14.7. The Labute approximate surface area is 115 Å². The van der Waals surface area contributed by atoms with E-state index in [0.717, 1.165) is 0 Å². The van der Waals surface area contributed by atoms with Gasteiger partial charge in [-0.05, 0) is 19.1 Å². The van der Waals surface area contributed by atoms with Gasteiger partial charge in [0.25, 0.3) is 5.69 Å². The van der Waals surface area contributed by atoms with Gasteiger partial charge in [-0.3, -0.25) is 14.9 Å². The summed E-state index contributed by atoms with van der Waals surface area (Å²) in [4.78, 5) is 23.8. The Morgan fingerprint density at radius 1 is 1.60 bits per heavy atom. The van der Waals surface area contributed by atoms with Gasteiger partial charge < -0.3 is 14.7 Å². The Bertz CT molecular complexity index is 531. The standard InChI is InChI=1S/C13H16N2O5/c1-9(17)12-3-2-10(6-13(12)15(18)19)14-4-5-20-8-11(14)7-16/h2-3,6,11,16H,4-5,7-8H2,1H3. The van der Waals surface area contributed by atoms with E-state index in [0.29, 0.717) is 25.4 Å². The van der Waals surface area contributed by atoms with E-state index >= 15 is 0 Å². The van der Waals surface area contributed by atoms with E-state index in [4.69, 9.17) is 4.74 Å². The third-order valence-electron chi connectivity index (χ3n) is 3.33. The van der Waals surface area contributed by atoms with Crippen LogP contribution >= 0.6 is 0 Å². The molecule has 7 heteroatoms. The van der Waals surface area contributed by atoms with Gasteiger partial charge in [-0.15, -0.1) is 0 Å². The predicted octanol–water partition coefficient (Wildman–Crippen LogP) is 0.995. The summed E-state index contributed by atoms with van der Waals surface area (Å²) in [6.45, 7) is 2.62. The summed E-state index contributed by atoms with van der Waals surface area (Å²) in [5.74, 6) is -0.344. The molecular weight excluding hydrogens is 264 g/mol. The molecule has 0 spiro atoms. The summed E-state index contributed by atoms with van der Waals surface area (Å²) in [6.07, 6.45) is 0. The van der Waals surface area contributed by atoms with E-state index in [2.05, 4.69) is 0 Å². The number of nitro groups is 1. The van der Waals surface area contributed by atoms with Gasteiger partial charge in [0.15, 0.2) is 5.78 Å². The molecule has 1 fully saturated rings. The first-order valence-electron chi connectivity index (χ1n) is 6.29. The van der Waals surface area contributed by atoms with Crippen molar-refractivity contribution in [2.75, 3.05) is 31.3 Å². The molecular formula is C13H16N2O5. The second-order valence-corrected chi connectivity index (χ2v) is 4.62. The van der Waals surface area contributed by atoms with Crippen LogP contribution < -0.4 is 4.90 Å². The van der Waals surface area contributed by atoms with Gasteiger partial charge in [0, 0.05) is 18.3 Å². The Hall–Kier alpha value is -1.99. The van der Waals surface area contributed by atoms with Crippen molar-refractivity contribution in [2.24, 2.45) is 0 Å². The van der Waals surface area contributed by atoms with Crippen molar-refractivity contribution in [1.82, 2.24) is 0 Å². The number of Topliss-reactive ketones (excluding diaryl/α,β-unsaturated/α-hetero) is 1. The number of aliphatic hydroxyl groups is 1. The molecule has 1 aromatic carbocycles. The van der Waals surface area contributed by atoms with Crippen LogP contribution in [0.2, 0.25) is 0 Å². The number of rotatable bonds is 4. The maximum atomic E-state index is 11.4. The highest BCUT2D eigenvalue weighted by Crippen LogP contribution is 2.28. The number of ketones is 1. The molecule has 1 saturated heterocycles. The number of morpholine rings is 1. The van der Waals surface area contributed by atoms with Gasteiger partial charge in [-0.25, -0.2) is 0 Å². The topological polar surface area (TPSA) is 92.9 Å². The third kappa shape index (κ3) is 2.78. The lowest BCUT2D eigenvalue weighted by Crippen LogP contribution is -2.47. The molecule has 20 heavy (non-hydrogen) atoms. The summed E-state index contributed by atoms with van der Waals surface area (Å²) in [5, 5.41) is 20.4. The van der Waals surface area contributed by atoms with E-state index in [9.17, 15) is 20.0 Å². The number of hydrogen-bond donors (Lipinski definition) is 1. The zero-order valence-corrected chi connectivity index (χ0v) is 11.1. The molecule has 1 atom stereocenters. The Morgan fingerprint density at radius 3 is 2.95 bits per heavy atom. The fraction of sp³-hybridized carbons (Fsp3) is 0.462. The highest BCUT2D eigenvalue weighted by Gasteiger charge is 2.25. The number of ether oxygens (including phenoxy) is 1. The van der Waals surface area contributed by atoms with Gasteiger partial charge in [-0.1, -0.05) is 0 Å². The summed E-state index contributed by atoms with van der Waals surface area (Å²) >= 11 is 0. The fourth-order valence-corrected chi connectivity index (χ4v) is 2.29. The lowest BCUT2D eigenvalue weighted by Gasteiger charge is -2.36. The number of hydrogen-bond acceptors (Lipinski definition) is 6. The molecule has 1 N–H and O–H groups in total. The molecule has 0 bridgehead atoms. The molecule has 0 aliphatic carbocycles. The molecule has 2 rings (SSSR count). The zero-order valence-electron chi connectivity index (χ0n) is 11.1. The minimum absolute atomic E-state index is 0.0903. The average Bonchev–Trinajstić information content (AvgIpc) is 2.46. The Kier molecular flexibility index (Phi) is 4.31. The average molecular weight is 280 g/mol. The summed E-state index contributed by atoms with van der Waals surface area (Å²) in [6, 6.07) is 4.27. The van der Waals surface area contributed by atoms with E-state index in [1.165, 1.54) is 19.1 Å². The smallest absolute Gasteiger partial charge is 0.282 e. The van der Waals surface area contributed by atoms with Crippen molar-refractivity contribution in [2.45, 2.75) is 13.0 Å². The number of anilines is 1. The first-order valence-corrected chi connectivity index (χ1v) is 6.29. The highest BCUT2D eigenvalue weighted by molar-refractivity contribution is 5.98. The van der Waals surface area contributed by atoms with E-state index in [1.54, 1.807) is 6.07 Å². The minimum atomic E-state index is -0.561. The van der Waals surface area contributed by atoms with E-state index < -0.39 is 4.92 Å². The monoisotopic (exact) mass is 280 g/mol. The highest BCUT2D eigenvalue weighted by atomic mass is 16.6. The molecule has 0 radical (unpaired) electrons. The van der Waals surface area contributed by atoms with Crippen molar-refractivity contribution >= 4 is 17.2 Å². The van der Waals surface area contributed by atoms with Gasteiger partial charge in [-0.2, -0.15) is 0 Å². The molecule has 0 amide bonds. The van der Waals surface area contributed by atoms with Gasteiger partial charge in [0.2, 0.25) is 0 Å². The van der Waals surface area contributed by atoms with Crippen LogP contribution in [0.1, 0.15) is 17.3 Å². The first kappa shape index (κ1) is 14.4. The van der Waals surface area contributed by atoms with Crippen molar-refractivity contribution in [3.63, 3.8) is 0 Å². The fourth-order valence-electron chi connectivity index (χ4n) is 2.29. The molecule has 1 heterocycles. The Balaban J connectivity index is 2.39. The van der Waals surface area contributed by atoms with Crippen LogP contribution in [-0.2, 0) is 4.74 Å². The van der Waals surface area contributed by atoms with Crippen molar-refractivity contribution < 1.29 is 19.6 Å². The third-order valence-corrected chi connectivity index (χ3v) is 3.33. The van der Waals surface area contributed by atoms with E-state index in [-0.39, 0.29) is 29.7 Å². The lowest BCUT2D eigenvalue weighted by atomic mass is 10.1. The van der Waals surface area contributed by atoms with Crippen LogP contribution in [0.4, 0.5) is 11.4 Å². The first-order chi connectivity index (χ1) is 9.54. The molecule has 0 aromatic heterocycles. The van der Waals surface area contributed by atoms with Gasteiger partial charge >= 0.3 is 0 Å². The Morgan fingerprint density at radius 2 is 2.35 bits per heavy atom. The molecule has 0 saturated carbocycles. The van der Waals surface area contributed by atoms with Crippen LogP contribution in [0, 0.1) is 10.1 Å². The number of aliphatic hydroxyl groups excluding tert-OH is 1. The maximum absolute atomic E-state index is 11.4. The molecule has 1 aliphatic rings. The maximum Gasteiger partial charge on any atom is 0.282 e. The normalized spacial score (nSPS) is 18.9. The van der Waals surface area contributed by atoms with Gasteiger partial charge in [0.1, 0.15) is 0 Å². The van der Waals surface area contributed by atoms with Crippen molar-refractivity contribution in [3.8, 4) is 0 Å². The van der Waals surface area contributed by atoms with Crippen LogP contribution in [0.5, 0.6) is 0 Å². The molecule has 1 aliphatic heterocycles. The quantitative estimate of drug-likeness (QED) is 0.502. The predicted molar refractivity (Wildman–Crippen MR) is 72.1 cm³/mol. The van der Waals surface area contributed by atoms with Crippen molar-refractivity contribution in [1.29, 1.82) is 0 Å². The summed E-state index contributed by atoms with van der Waals surface area (Å²) in [7, 11) is 0. The second-order valence-electron chi connectivity index (χ2n) is 4.62. The molecule has 1 unspecified atom stereocenters. The number of nitrogens with zero attached hydrogens (tertiary/aromatic N) is 2. The molecule has 1 aromatic rings. The SMILES string of the molecule is CC(=O)c1ccc(N2CCOCC2CO)cc1[N+](=O)[O-]. The number of nitro benzene ring substituents is 1. The molecule has 7 nitrogen and oxygen atoms in total. The summed E-state index contributed by atoms with van der Waals surface area (Å²) in [5.41, 5.74) is 0.495. The van der Waals surface area contributed by atoms with Crippen LogP contribution in [0.25, 0.3) is 0 Å². The largest absolute Gasteiger partial charge is 0.394 e. The lowest BCUT2D eigenvalue weighted by molar-refractivity contribution is -0.385. The van der Waals surface area contributed by atoms with E-state index in [1.807, 2.05) is 4.90 Å². The second kappa shape index (κ2) is 5.98. The molecule has 108 valence electrons. The van der Waals surface area contributed by atoms with Crippen molar-refractivity contribution in [3.05, 3.63) is 33.9 Å².